The third kappa shape index (κ3) is 4.59. The highest BCUT2D eigenvalue weighted by atomic mass is 16.4. The van der Waals surface area contributed by atoms with Crippen LogP contribution in [0.15, 0.2) is 65.1 Å². The molecule has 154 valence electrons. The number of amides is 1. The minimum atomic E-state index is -0.0459. The molecular weight excluding hydrogens is 376 g/mol. The molecule has 0 unspecified atom stereocenters. The summed E-state index contributed by atoms with van der Waals surface area (Å²) in [5.41, 5.74) is 2.93. The Labute approximate surface area is 175 Å². The average molecular weight is 402 g/mol. The van der Waals surface area contributed by atoms with Gasteiger partial charge in [0.2, 0.25) is 11.8 Å². The van der Waals surface area contributed by atoms with Crippen LogP contribution in [0.3, 0.4) is 0 Å². The van der Waals surface area contributed by atoms with E-state index in [2.05, 4.69) is 41.5 Å². The molecule has 0 radical (unpaired) electrons. The molecule has 1 N–H and O–H groups in total. The molecule has 0 aliphatic carbocycles. The molecule has 0 aliphatic heterocycles. The highest BCUT2D eigenvalue weighted by Gasteiger charge is 2.18. The van der Waals surface area contributed by atoms with Crippen LogP contribution in [0.5, 0.6) is 0 Å². The maximum atomic E-state index is 12.7. The highest BCUT2D eigenvalue weighted by molar-refractivity contribution is 5.88. The molecule has 6 nitrogen and oxygen atoms in total. The zero-order valence-electron chi connectivity index (χ0n) is 17.3. The largest absolute Gasteiger partial charge is 0.419 e. The minimum absolute atomic E-state index is 0.0459. The summed E-state index contributed by atoms with van der Waals surface area (Å²) >= 11 is 0. The number of nitrogens with one attached hydrogen (secondary N) is 1. The number of para-hydroxylation sites is 1. The summed E-state index contributed by atoms with van der Waals surface area (Å²) in [4.78, 5) is 12.7. The van der Waals surface area contributed by atoms with E-state index in [1.54, 1.807) is 0 Å². The van der Waals surface area contributed by atoms with Gasteiger partial charge in [-0.3, -0.25) is 4.79 Å². The zero-order chi connectivity index (χ0) is 20.9. The van der Waals surface area contributed by atoms with Crippen LogP contribution in [0.1, 0.15) is 25.3 Å². The molecule has 0 bridgehead atoms. The number of carbonyl (C=O) groups excluding carboxylic acids is 1. The van der Waals surface area contributed by atoms with Crippen molar-refractivity contribution in [3.05, 3.63) is 72.1 Å². The number of benzene rings is 2. The Bertz CT molecular complexity index is 1130. The van der Waals surface area contributed by atoms with E-state index < -0.39 is 0 Å². The monoisotopic (exact) mass is 402 g/mol. The molecule has 0 fully saturated rings. The lowest BCUT2D eigenvalue weighted by atomic mass is 10.1. The number of nitrogens with zero attached hydrogens (tertiary/aromatic N) is 3. The summed E-state index contributed by atoms with van der Waals surface area (Å²) < 4.78 is 7.84. The Morgan fingerprint density at radius 3 is 2.63 bits per heavy atom. The van der Waals surface area contributed by atoms with Gasteiger partial charge >= 0.3 is 0 Å². The summed E-state index contributed by atoms with van der Waals surface area (Å²) in [5.74, 6) is 1.44. The number of fused-ring (bicyclic) bond motifs is 1. The second-order valence-corrected chi connectivity index (χ2v) is 7.86. The zero-order valence-corrected chi connectivity index (χ0v) is 17.3. The van der Waals surface area contributed by atoms with E-state index in [1.807, 2.05) is 53.1 Å². The molecule has 4 rings (SSSR count). The number of carbonyl (C=O) groups is 1. The van der Waals surface area contributed by atoms with E-state index in [9.17, 15) is 4.79 Å². The predicted octanol–water partition coefficient (Wildman–Crippen LogP) is 4.25. The lowest BCUT2D eigenvalue weighted by Crippen LogP contribution is -2.29. The molecule has 0 saturated heterocycles. The SMILES string of the molecule is CC(C)Cc1nnc(-c2cc3ccccc3n2CC(=O)NCCc2ccccc2)o1. The second-order valence-electron chi connectivity index (χ2n) is 7.86. The number of hydrogen-bond donors (Lipinski definition) is 1. The van der Waals surface area contributed by atoms with Crippen LogP contribution < -0.4 is 5.32 Å². The fraction of sp³-hybridized carbons (Fsp3) is 0.292. The van der Waals surface area contributed by atoms with Crippen LogP contribution in [-0.4, -0.2) is 27.2 Å². The van der Waals surface area contributed by atoms with Crippen LogP contribution in [0.2, 0.25) is 0 Å². The quantitative estimate of drug-likeness (QED) is 0.478. The Morgan fingerprint density at radius 1 is 1.07 bits per heavy atom. The van der Waals surface area contributed by atoms with Crippen molar-refractivity contribution in [2.45, 2.75) is 33.2 Å². The van der Waals surface area contributed by atoms with E-state index in [-0.39, 0.29) is 12.5 Å². The standard InChI is InChI=1S/C24H26N4O2/c1-17(2)14-23-26-27-24(30-23)21-15-19-10-6-7-11-20(19)28(21)16-22(29)25-13-12-18-8-4-3-5-9-18/h3-11,15,17H,12-14,16H2,1-2H3,(H,25,29). The molecule has 2 aromatic carbocycles. The fourth-order valence-electron chi connectivity index (χ4n) is 3.54. The fourth-order valence-corrected chi connectivity index (χ4v) is 3.54. The molecule has 0 aliphatic rings. The van der Waals surface area contributed by atoms with E-state index in [0.29, 0.717) is 24.2 Å². The Hall–Kier alpha value is -3.41. The van der Waals surface area contributed by atoms with Gasteiger partial charge in [-0.2, -0.15) is 0 Å². The molecule has 1 amide bonds. The van der Waals surface area contributed by atoms with Crippen LogP contribution in [-0.2, 0) is 24.2 Å². The number of rotatable bonds is 8. The first-order valence-electron chi connectivity index (χ1n) is 10.3. The summed E-state index contributed by atoms with van der Waals surface area (Å²) in [6.45, 7) is 5.01. The van der Waals surface area contributed by atoms with Gasteiger partial charge in [0, 0.05) is 23.9 Å². The van der Waals surface area contributed by atoms with E-state index in [1.165, 1.54) is 5.56 Å². The first-order valence-corrected chi connectivity index (χ1v) is 10.3. The Balaban J connectivity index is 1.53. The third-order valence-corrected chi connectivity index (χ3v) is 4.96. The molecular formula is C24H26N4O2. The van der Waals surface area contributed by atoms with Gasteiger partial charge in [-0.05, 0) is 30.0 Å². The average Bonchev–Trinajstić information content (AvgIpc) is 3.33. The molecule has 2 heterocycles. The smallest absolute Gasteiger partial charge is 0.264 e. The maximum absolute atomic E-state index is 12.7. The predicted molar refractivity (Wildman–Crippen MR) is 117 cm³/mol. The minimum Gasteiger partial charge on any atom is -0.419 e. The lowest BCUT2D eigenvalue weighted by molar-refractivity contribution is -0.121. The van der Waals surface area contributed by atoms with Gasteiger partial charge in [-0.25, -0.2) is 0 Å². The number of aromatic nitrogens is 3. The van der Waals surface area contributed by atoms with Crippen LogP contribution in [0.25, 0.3) is 22.5 Å². The summed E-state index contributed by atoms with van der Waals surface area (Å²) in [5, 5.41) is 12.5. The van der Waals surface area contributed by atoms with Crippen molar-refractivity contribution in [1.82, 2.24) is 20.1 Å². The Kier molecular flexibility index (Phi) is 5.93. The van der Waals surface area contributed by atoms with Gasteiger partial charge in [-0.1, -0.05) is 62.4 Å². The normalized spacial score (nSPS) is 11.3. The molecule has 6 heteroatoms. The molecule has 4 aromatic rings. The van der Waals surface area contributed by atoms with Crippen molar-refractivity contribution in [1.29, 1.82) is 0 Å². The Morgan fingerprint density at radius 2 is 1.83 bits per heavy atom. The third-order valence-electron chi connectivity index (χ3n) is 4.96. The van der Waals surface area contributed by atoms with Gasteiger partial charge in [-0.15, -0.1) is 10.2 Å². The lowest BCUT2D eigenvalue weighted by Gasteiger charge is -2.10. The molecule has 0 saturated carbocycles. The van der Waals surface area contributed by atoms with Crippen LogP contribution >= 0.6 is 0 Å². The molecule has 2 aromatic heterocycles. The summed E-state index contributed by atoms with van der Waals surface area (Å²) in [7, 11) is 0. The maximum Gasteiger partial charge on any atom is 0.264 e. The van der Waals surface area contributed by atoms with Crippen molar-refractivity contribution in [2.24, 2.45) is 5.92 Å². The van der Waals surface area contributed by atoms with E-state index in [0.717, 1.165) is 29.4 Å². The van der Waals surface area contributed by atoms with Crippen molar-refractivity contribution in [2.75, 3.05) is 6.54 Å². The molecule has 0 atom stereocenters. The first kappa shape index (κ1) is 19.9. The van der Waals surface area contributed by atoms with Gasteiger partial charge in [0.15, 0.2) is 0 Å². The van der Waals surface area contributed by atoms with Gasteiger partial charge in [0.25, 0.3) is 5.89 Å². The van der Waals surface area contributed by atoms with Crippen LogP contribution in [0.4, 0.5) is 0 Å². The van der Waals surface area contributed by atoms with Crippen molar-refractivity contribution in [3.8, 4) is 11.6 Å². The van der Waals surface area contributed by atoms with E-state index >= 15 is 0 Å². The topological polar surface area (TPSA) is 73.0 Å². The van der Waals surface area contributed by atoms with E-state index in [4.69, 9.17) is 4.42 Å². The van der Waals surface area contributed by atoms with Crippen LogP contribution in [0, 0.1) is 5.92 Å². The molecule has 30 heavy (non-hydrogen) atoms. The molecule has 0 spiro atoms. The highest BCUT2D eigenvalue weighted by Crippen LogP contribution is 2.27. The van der Waals surface area contributed by atoms with Gasteiger partial charge < -0.3 is 14.3 Å². The van der Waals surface area contributed by atoms with Crippen molar-refractivity contribution < 1.29 is 9.21 Å². The first-order chi connectivity index (χ1) is 14.6. The summed E-state index contributed by atoms with van der Waals surface area (Å²) in [6, 6.07) is 20.1. The van der Waals surface area contributed by atoms with Crippen molar-refractivity contribution in [3.63, 3.8) is 0 Å². The van der Waals surface area contributed by atoms with Gasteiger partial charge in [0.1, 0.15) is 12.2 Å². The second kappa shape index (κ2) is 8.95. The summed E-state index contributed by atoms with van der Waals surface area (Å²) in [6.07, 6.45) is 1.53. The number of hydrogen-bond acceptors (Lipinski definition) is 4. The van der Waals surface area contributed by atoms with Gasteiger partial charge in [0.05, 0.1) is 0 Å². The van der Waals surface area contributed by atoms with Crippen molar-refractivity contribution >= 4 is 16.8 Å².